The van der Waals surface area contributed by atoms with E-state index in [-0.39, 0.29) is 11.9 Å². The fraction of sp³-hybridized carbons (Fsp3) is 0.312. The molecule has 0 spiro atoms. The maximum Gasteiger partial charge on any atom is 0.123 e. The molecule has 1 unspecified atom stereocenters. The topological polar surface area (TPSA) is 24.9 Å². The predicted octanol–water partition coefficient (Wildman–Crippen LogP) is 4.81. The molecule has 0 saturated heterocycles. The standard InChI is InChI=1S/C16H17Cl2FN2/c1-2-7-20-15(16-14(18)4-3-8-21-16)10-11-9-12(19)5-6-13(11)17/h3-6,8-9,15,20H,2,7,10H2,1H3. The summed E-state index contributed by atoms with van der Waals surface area (Å²) in [5.74, 6) is -0.296. The van der Waals surface area contributed by atoms with E-state index in [2.05, 4.69) is 17.2 Å². The van der Waals surface area contributed by atoms with Crippen LogP contribution in [0.25, 0.3) is 0 Å². The Hall–Kier alpha value is -1.16. The molecule has 1 N–H and O–H groups in total. The van der Waals surface area contributed by atoms with Crippen LogP contribution >= 0.6 is 23.2 Å². The minimum Gasteiger partial charge on any atom is -0.308 e. The Bertz CT molecular complexity index is 605. The van der Waals surface area contributed by atoms with Crippen molar-refractivity contribution in [3.8, 4) is 0 Å². The Balaban J connectivity index is 2.28. The fourth-order valence-electron chi connectivity index (χ4n) is 2.16. The molecule has 0 saturated carbocycles. The smallest absolute Gasteiger partial charge is 0.123 e. The van der Waals surface area contributed by atoms with E-state index in [0.717, 1.165) is 24.2 Å². The zero-order valence-corrected chi connectivity index (χ0v) is 13.3. The number of aromatic nitrogens is 1. The van der Waals surface area contributed by atoms with Gasteiger partial charge in [-0.05, 0) is 55.3 Å². The van der Waals surface area contributed by atoms with Crippen molar-refractivity contribution in [1.29, 1.82) is 0 Å². The van der Waals surface area contributed by atoms with Gasteiger partial charge in [0, 0.05) is 11.2 Å². The lowest BCUT2D eigenvalue weighted by atomic mass is 10.0. The molecule has 21 heavy (non-hydrogen) atoms. The van der Waals surface area contributed by atoms with E-state index >= 15 is 0 Å². The van der Waals surface area contributed by atoms with Crippen molar-refractivity contribution in [2.24, 2.45) is 0 Å². The van der Waals surface area contributed by atoms with Gasteiger partial charge in [-0.1, -0.05) is 30.1 Å². The summed E-state index contributed by atoms with van der Waals surface area (Å²) in [5.41, 5.74) is 1.50. The van der Waals surface area contributed by atoms with E-state index in [1.54, 1.807) is 24.4 Å². The van der Waals surface area contributed by atoms with Crippen LogP contribution in [0.1, 0.15) is 30.6 Å². The van der Waals surface area contributed by atoms with Crippen molar-refractivity contribution >= 4 is 23.2 Å². The van der Waals surface area contributed by atoms with E-state index in [1.807, 2.05) is 0 Å². The van der Waals surface area contributed by atoms with Gasteiger partial charge in [0.1, 0.15) is 5.82 Å². The van der Waals surface area contributed by atoms with Gasteiger partial charge in [0.15, 0.2) is 0 Å². The summed E-state index contributed by atoms with van der Waals surface area (Å²) >= 11 is 12.4. The van der Waals surface area contributed by atoms with Crippen LogP contribution in [-0.4, -0.2) is 11.5 Å². The molecule has 2 nitrogen and oxygen atoms in total. The first-order chi connectivity index (χ1) is 10.1. The third-order valence-electron chi connectivity index (χ3n) is 3.19. The molecule has 0 fully saturated rings. The second-order valence-electron chi connectivity index (χ2n) is 4.82. The molecule has 1 aromatic carbocycles. The van der Waals surface area contributed by atoms with Gasteiger partial charge in [0.25, 0.3) is 0 Å². The normalized spacial score (nSPS) is 12.4. The van der Waals surface area contributed by atoms with Crippen LogP contribution in [0.2, 0.25) is 10.0 Å². The summed E-state index contributed by atoms with van der Waals surface area (Å²) in [6.45, 7) is 2.91. The molecule has 0 aliphatic rings. The third kappa shape index (κ3) is 4.40. The van der Waals surface area contributed by atoms with E-state index in [0.29, 0.717) is 16.5 Å². The first kappa shape index (κ1) is 16.2. The Labute approximate surface area is 134 Å². The maximum absolute atomic E-state index is 13.4. The van der Waals surface area contributed by atoms with Crippen LogP contribution in [0.3, 0.4) is 0 Å². The number of pyridine rings is 1. The molecule has 1 aromatic heterocycles. The van der Waals surface area contributed by atoms with Crippen molar-refractivity contribution in [1.82, 2.24) is 10.3 Å². The monoisotopic (exact) mass is 326 g/mol. The average Bonchev–Trinajstić information content (AvgIpc) is 2.48. The van der Waals surface area contributed by atoms with Gasteiger partial charge in [-0.15, -0.1) is 0 Å². The SMILES string of the molecule is CCCNC(Cc1cc(F)ccc1Cl)c1ncccc1Cl. The van der Waals surface area contributed by atoms with E-state index in [1.165, 1.54) is 12.1 Å². The van der Waals surface area contributed by atoms with Gasteiger partial charge in [-0.25, -0.2) is 4.39 Å². The minimum atomic E-state index is -0.296. The number of halogens is 3. The fourth-order valence-corrected chi connectivity index (χ4v) is 2.61. The quantitative estimate of drug-likeness (QED) is 0.823. The largest absolute Gasteiger partial charge is 0.308 e. The molecule has 0 bridgehead atoms. The summed E-state index contributed by atoms with van der Waals surface area (Å²) in [7, 11) is 0. The Morgan fingerprint density at radius 1 is 1.24 bits per heavy atom. The lowest BCUT2D eigenvalue weighted by molar-refractivity contribution is 0.516. The number of hydrogen-bond donors (Lipinski definition) is 1. The molecular formula is C16H17Cl2FN2. The van der Waals surface area contributed by atoms with Gasteiger partial charge in [0.05, 0.1) is 16.8 Å². The van der Waals surface area contributed by atoms with Gasteiger partial charge in [-0.2, -0.15) is 0 Å². The number of benzene rings is 1. The first-order valence-corrected chi connectivity index (χ1v) is 7.65. The number of nitrogens with zero attached hydrogens (tertiary/aromatic N) is 1. The summed E-state index contributed by atoms with van der Waals surface area (Å²) in [6, 6.07) is 7.88. The highest BCUT2D eigenvalue weighted by Crippen LogP contribution is 2.27. The van der Waals surface area contributed by atoms with Gasteiger partial charge >= 0.3 is 0 Å². The van der Waals surface area contributed by atoms with Crippen LogP contribution in [0.4, 0.5) is 4.39 Å². The Morgan fingerprint density at radius 2 is 2.05 bits per heavy atom. The van der Waals surface area contributed by atoms with E-state index in [9.17, 15) is 4.39 Å². The molecule has 2 aromatic rings. The molecule has 1 heterocycles. The zero-order valence-electron chi connectivity index (χ0n) is 11.7. The lowest BCUT2D eigenvalue weighted by Gasteiger charge is -2.20. The highest BCUT2D eigenvalue weighted by atomic mass is 35.5. The van der Waals surface area contributed by atoms with Gasteiger partial charge < -0.3 is 5.32 Å². The average molecular weight is 327 g/mol. The molecular weight excluding hydrogens is 310 g/mol. The molecule has 5 heteroatoms. The minimum absolute atomic E-state index is 0.0991. The molecule has 0 amide bonds. The van der Waals surface area contributed by atoms with Crippen molar-refractivity contribution in [3.63, 3.8) is 0 Å². The molecule has 1 atom stereocenters. The molecule has 2 rings (SSSR count). The van der Waals surface area contributed by atoms with Crippen LogP contribution in [0, 0.1) is 5.82 Å². The summed E-state index contributed by atoms with van der Waals surface area (Å²) in [5, 5.41) is 4.54. The number of rotatable bonds is 6. The summed E-state index contributed by atoms with van der Waals surface area (Å²) in [6.07, 6.45) is 3.22. The van der Waals surface area contributed by atoms with Crippen LogP contribution in [0.15, 0.2) is 36.5 Å². The first-order valence-electron chi connectivity index (χ1n) is 6.89. The molecule has 0 aliphatic heterocycles. The van der Waals surface area contributed by atoms with Crippen molar-refractivity contribution < 1.29 is 4.39 Å². The van der Waals surface area contributed by atoms with Crippen LogP contribution in [0.5, 0.6) is 0 Å². The molecule has 0 aliphatic carbocycles. The zero-order chi connectivity index (χ0) is 15.2. The Morgan fingerprint density at radius 3 is 2.76 bits per heavy atom. The lowest BCUT2D eigenvalue weighted by Crippen LogP contribution is -2.25. The predicted molar refractivity (Wildman–Crippen MR) is 85.4 cm³/mol. The van der Waals surface area contributed by atoms with E-state index in [4.69, 9.17) is 23.2 Å². The van der Waals surface area contributed by atoms with Crippen molar-refractivity contribution in [2.45, 2.75) is 25.8 Å². The van der Waals surface area contributed by atoms with E-state index < -0.39 is 0 Å². The number of nitrogens with one attached hydrogen (secondary N) is 1. The van der Waals surface area contributed by atoms with Crippen LogP contribution in [-0.2, 0) is 6.42 Å². The molecule has 112 valence electrons. The second kappa shape index (κ2) is 7.74. The summed E-state index contributed by atoms with van der Waals surface area (Å²) in [4.78, 5) is 4.35. The van der Waals surface area contributed by atoms with Gasteiger partial charge in [-0.3, -0.25) is 4.98 Å². The molecule has 0 radical (unpaired) electrons. The second-order valence-corrected chi connectivity index (χ2v) is 5.63. The van der Waals surface area contributed by atoms with Crippen molar-refractivity contribution in [3.05, 3.63) is 63.6 Å². The third-order valence-corrected chi connectivity index (χ3v) is 3.88. The van der Waals surface area contributed by atoms with Crippen LogP contribution < -0.4 is 5.32 Å². The van der Waals surface area contributed by atoms with Crippen molar-refractivity contribution in [2.75, 3.05) is 6.54 Å². The highest BCUT2D eigenvalue weighted by molar-refractivity contribution is 6.31. The van der Waals surface area contributed by atoms with Gasteiger partial charge in [0.2, 0.25) is 0 Å². The summed E-state index contributed by atoms with van der Waals surface area (Å²) < 4.78 is 13.4. The maximum atomic E-state index is 13.4. The Kier molecular flexibility index (Phi) is 5.97. The highest BCUT2D eigenvalue weighted by Gasteiger charge is 2.17. The number of hydrogen-bond acceptors (Lipinski definition) is 2.